The molecule has 56 valence electrons. The van der Waals surface area contributed by atoms with Crippen molar-refractivity contribution in [3.63, 3.8) is 0 Å². The van der Waals surface area contributed by atoms with E-state index in [0.29, 0.717) is 0 Å². The maximum absolute atomic E-state index is 5.47. The Labute approximate surface area is 62.8 Å². The lowest BCUT2D eigenvalue weighted by Crippen LogP contribution is -2.16. The molecule has 0 aliphatic heterocycles. The van der Waals surface area contributed by atoms with Crippen molar-refractivity contribution < 1.29 is 0 Å². The first-order valence-electron chi connectivity index (χ1n) is 3.68. The van der Waals surface area contributed by atoms with Gasteiger partial charge in [-0.1, -0.05) is 13.3 Å². The standard InChI is InChI=1S/C7H16ClN/c1-2-3-6-9-7-4-5-8/h9H,2-7H2,1H3. The van der Waals surface area contributed by atoms with Crippen molar-refractivity contribution in [3.8, 4) is 0 Å². The highest BCUT2D eigenvalue weighted by Gasteiger charge is 1.84. The fourth-order valence-corrected chi connectivity index (χ4v) is 0.752. The number of hydrogen-bond acceptors (Lipinski definition) is 1. The zero-order chi connectivity index (χ0) is 6.95. The highest BCUT2D eigenvalue weighted by Crippen LogP contribution is 1.84. The molecule has 0 unspecified atom stereocenters. The van der Waals surface area contributed by atoms with E-state index in [9.17, 15) is 0 Å². The summed E-state index contributed by atoms with van der Waals surface area (Å²) in [5, 5.41) is 3.30. The van der Waals surface area contributed by atoms with Crippen LogP contribution in [0.1, 0.15) is 26.2 Å². The zero-order valence-electron chi connectivity index (χ0n) is 6.12. The topological polar surface area (TPSA) is 12.0 Å². The summed E-state index contributed by atoms with van der Waals surface area (Å²) in [6, 6.07) is 0. The lowest BCUT2D eigenvalue weighted by atomic mass is 10.3. The molecule has 0 fully saturated rings. The molecule has 9 heavy (non-hydrogen) atoms. The molecule has 0 heterocycles. The van der Waals surface area contributed by atoms with E-state index in [-0.39, 0.29) is 0 Å². The van der Waals surface area contributed by atoms with Gasteiger partial charge >= 0.3 is 0 Å². The van der Waals surface area contributed by atoms with Crippen LogP contribution in [-0.4, -0.2) is 19.0 Å². The number of hydrogen-bond donors (Lipinski definition) is 1. The summed E-state index contributed by atoms with van der Waals surface area (Å²) in [4.78, 5) is 0. The van der Waals surface area contributed by atoms with Crippen molar-refractivity contribution in [2.24, 2.45) is 0 Å². The van der Waals surface area contributed by atoms with Crippen molar-refractivity contribution in [1.82, 2.24) is 5.32 Å². The summed E-state index contributed by atoms with van der Waals surface area (Å²) in [7, 11) is 0. The molecule has 0 saturated heterocycles. The molecule has 0 aliphatic rings. The van der Waals surface area contributed by atoms with Gasteiger partial charge in [0.05, 0.1) is 0 Å². The van der Waals surface area contributed by atoms with Gasteiger partial charge in [-0.05, 0) is 25.9 Å². The predicted octanol–water partition coefficient (Wildman–Crippen LogP) is 2.00. The van der Waals surface area contributed by atoms with Crippen LogP contribution in [-0.2, 0) is 0 Å². The van der Waals surface area contributed by atoms with Crippen LogP contribution in [0.3, 0.4) is 0 Å². The van der Waals surface area contributed by atoms with E-state index in [0.717, 1.165) is 25.4 Å². The van der Waals surface area contributed by atoms with E-state index < -0.39 is 0 Å². The molecule has 0 spiro atoms. The normalized spacial score (nSPS) is 10.0. The minimum atomic E-state index is 0.777. The number of alkyl halides is 1. The Morgan fingerprint density at radius 3 is 2.44 bits per heavy atom. The summed E-state index contributed by atoms with van der Waals surface area (Å²) < 4.78 is 0. The van der Waals surface area contributed by atoms with Gasteiger partial charge in [0.1, 0.15) is 0 Å². The van der Waals surface area contributed by atoms with Crippen LogP contribution in [0.25, 0.3) is 0 Å². The van der Waals surface area contributed by atoms with E-state index in [1.54, 1.807) is 0 Å². The smallest absolute Gasteiger partial charge is 0.0235 e. The molecule has 1 N–H and O–H groups in total. The third-order valence-electron chi connectivity index (χ3n) is 1.19. The third-order valence-corrected chi connectivity index (χ3v) is 1.46. The van der Waals surface area contributed by atoms with Crippen LogP contribution < -0.4 is 5.32 Å². The van der Waals surface area contributed by atoms with E-state index in [1.807, 2.05) is 0 Å². The molecule has 0 aromatic heterocycles. The SMILES string of the molecule is CCCCNCCCCl. The summed E-state index contributed by atoms with van der Waals surface area (Å²) >= 11 is 5.47. The molecule has 0 saturated carbocycles. The maximum atomic E-state index is 5.47. The Hall–Kier alpha value is 0.250. The van der Waals surface area contributed by atoms with Crippen molar-refractivity contribution >= 4 is 11.6 Å². The molecular formula is C7H16ClN. The van der Waals surface area contributed by atoms with Crippen LogP contribution in [0.15, 0.2) is 0 Å². The zero-order valence-corrected chi connectivity index (χ0v) is 6.88. The van der Waals surface area contributed by atoms with E-state index in [2.05, 4.69) is 12.2 Å². The van der Waals surface area contributed by atoms with Crippen molar-refractivity contribution in [3.05, 3.63) is 0 Å². The molecule has 2 heteroatoms. The van der Waals surface area contributed by atoms with E-state index >= 15 is 0 Å². The Morgan fingerprint density at radius 2 is 1.89 bits per heavy atom. The molecule has 0 atom stereocenters. The summed E-state index contributed by atoms with van der Waals surface area (Å²) in [6.45, 7) is 4.42. The first-order chi connectivity index (χ1) is 4.41. The second-order valence-corrected chi connectivity index (χ2v) is 2.52. The fourth-order valence-electron chi connectivity index (χ4n) is 0.619. The molecular weight excluding hydrogens is 134 g/mol. The maximum Gasteiger partial charge on any atom is 0.0235 e. The van der Waals surface area contributed by atoms with Gasteiger partial charge in [-0.15, -0.1) is 11.6 Å². The fraction of sp³-hybridized carbons (Fsp3) is 1.00. The van der Waals surface area contributed by atoms with Gasteiger partial charge in [0.2, 0.25) is 0 Å². The Morgan fingerprint density at radius 1 is 1.22 bits per heavy atom. The van der Waals surface area contributed by atoms with Gasteiger partial charge in [-0.2, -0.15) is 0 Å². The van der Waals surface area contributed by atoms with Crippen molar-refractivity contribution in [2.45, 2.75) is 26.2 Å². The summed E-state index contributed by atoms with van der Waals surface area (Å²) in [5.41, 5.74) is 0. The molecule has 0 bridgehead atoms. The number of halogens is 1. The first-order valence-corrected chi connectivity index (χ1v) is 4.22. The number of rotatable bonds is 6. The van der Waals surface area contributed by atoms with Gasteiger partial charge < -0.3 is 5.32 Å². The van der Waals surface area contributed by atoms with Crippen molar-refractivity contribution in [1.29, 1.82) is 0 Å². The lowest BCUT2D eigenvalue weighted by Gasteiger charge is -1.99. The Bertz CT molecular complexity index is 42.2. The van der Waals surface area contributed by atoms with Gasteiger partial charge in [-0.25, -0.2) is 0 Å². The predicted molar refractivity (Wildman–Crippen MR) is 43.1 cm³/mol. The minimum Gasteiger partial charge on any atom is -0.317 e. The van der Waals surface area contributed by atoms with Crippen LogP contribution in [0, 0.1) is 0 Å². The molecule has 0 aromatic rings. The van der Waals surface area contributed by atoms with E-state index in [1.165, 1.54) is 12.8 Å². The summed E-state index contributed by atoms with van der Waals surface area (Å²) in [5.74, 6) is 0.777. The van der Waals surface area contributed by atoms with Crippen LogP contribution in [0.4, 0.5) is 0 Å². The first kappa shape index (κ1) is 9.25. The lowest BCUT2D eigenvalue weighted by molar-refractivity contribution is 0.634. The van der Waals surface area contributed by atoms with Crippen LogP contribution in [0.2, 0.25) is 0 Å². The Kier molecular flexibility index (Phi) is 8.48. The monoisotopic (exact) mass is 149 g/mol. The number of nitrogens with one attached hydrogen (secondary N) is 1. The minimum absolute atomic E-state index is 0.777. The van der Waals surface area contributed by atoms with Crippen molar-refractivity contribution in [2.75, 3.05) is 19.0 Å². The molecule has 0 aromatic carbocycles. The third kappa shape index (κ3) is 8.25. The molecule has 1 nitrogen and oxygen atoms in total. The van der Waals surface area contributed by atoms with Gasteiger partial charge in [0.25, 0.3) is 0 Å². The molecule has 0 radical (unpaired) electrons. The number of unbranched alkanes of at least 4 members (excludes halogenated alkanes) is 1. The second-order valence-electron chi connectivity index (χ2n) is 2.15. The highest BCUT2D eigenvalue weighted by molar-refractivity contribution is 6.17. The average molecular weight is 150 g/mol. The van der Waals surface area contributed by atoms with Crippen LogP contribution >= 0.6 is 11.6 Å². The quantitative estimate of drug-likeness (QED) is 0.450. The Balaban J connectivity index is 2.60. The highest BCUT2D eigenvalue weighted by atomic mass is 35.5. The van der Waals surface area contributed by atoms with Gasteiger partial charge in [-0.3, -0.25) is 0 Å². The van der Waals surface area contributed by atoms with Gasteiger partial charge in [0, 0.05) is 5.88 Å². The second kappa shape index (κ2) is 8.25. The average Bonchev–Trinajstić information content (AvgIpc) is 1.89. The molecule has 0 amide bonds. The van der Waals surface area contributed by atoms with Gasteiger partial charge in [0.15, 0.2) is 0 Å². The molecule has 0 aliphatic carbocycles. The molecule has 0 rings (SSSR count). The summed E-state index contributed by atoms with van der Waals surface area (Å²) in [6.07, 6.45) is 3.64. The van der Waals surface area contributed by atoms with E-state index in [4.69, 9.17) is 11.6 Å². The largest absolute Gasteiger partial charge is 0.317 e. The van der Waals surface area contributed by atoms with Crippen LogP contribution in [0.5, 0.6) is 0 Å².